The van der Waals surface area contributed by atoms with E-state index in [2.05, 4.69) is 31.8 Å². The summed E-state index contributed by atoms with van der Waals surface area (Å²) in [5.41, 5.74) is 4.14. The minimum Gasteiger partial charge on any atom is -0.462 e. The van der Waals surface area contributed by atoms with Crippen LogP contribution < -0.4 is 5.32 Å². The number of Topliss-reactive ketones (excluding diaryl/α,β-unsaturated/α-hetero) is 1. The smallest absolute Gasteiger partial charge is 0.315 e. The molecule has 4 rings (SSSR count). The molecule has 160 valence electrons. The van der Waals surface area contributed by atoms with Crippen LogP contribution in [-0.4, -0.2) is 31.1 Å². The topological polar surface area (TPSA) is 64.6 Å². The Labute approximate surface area is 178 Å². The average molecular weight is 410 g/mol. The summed E-state index contributed by atoms with van der Waals surface area (Å²) >= 11 is 0. The first-order valence-corrected chi connectivity index (χ1v) is 10.8. The summed E-state index contributed by atoms with van der Waals surface area (Å²) in [7, 11) is 0. The monoisotopic (exact) mass is 409 g/mol. The highest BCUT2D eigenvalue weighted by molar-refractivity contribution is 6.00. The van der Waals surface area contributed by atoms with Crippen LogP contribution in [0.15, 0.2) is 47.8 Å². The minimum absolute atomic E-state index is 0.0388. The molecule has 0 radical (unpaired) electrons. The lowest BCUT2D eigenvalue weighted by Gasteiger charge is -2.42. The van der Waals surface area contributed by atoms with Gasteiger partial charge in [-0.15, -0.1) is 0 Å². The van der Waals surface area contributed by atoms with Crippen LogP contribution in [0.3, 0.4) is 0 Å². The zero-order valence-corrected chi connectivity index (χ0v) is 18.1. The van der Waals surface area contributed by atoms with Crippen molar-refractivity contribution in [1.29, 1.82) is 0 Å². The molecule has 0 bridgehead atoms. The predicted molar refractivity (Wildman–Crippen MR) is 115 cm³/mol. The highest BCUT2D eigenvalue weighted by atomic mass is 16.6. The summed E-state index contributed by atoms with van der Waals surface area (Å²) in [4.78, 5) is 26.5. The Hall–Kier alpha value is -2.40. The molecule has 0 spiro atoms. The van der Waals surface area contributed by atoms with E-state index in [1.807, 2.05) is 25.1 Å². The molecular weight excluding hydrogens is 378 g/mol. The maximum Gasteiger partial charge on any atom is 0.315 e. The second-order valence-electron chi connectivity index (χ2n) is 9.62. The lowest BCUT2D eigenvalue weighted by molar-refractivity contribution is -0.151. The Morgan fingerprint density at radius 3 is 2.83 bits per heavy atom. The number of ketones is 1. The molecule has 1 saturated heterocycles. The predicted octanol–water partition coefficient (Wildman–Crippen LogP) is 4.18. The second-order valence-corrected chi connectivity index (χ2v) is 9.62. The van der Waals surface area contributed by atoms with E-state index in [1.54, 1.807) is 0 Å². The molecule has 1 aliphatic carbocycles. The van der Waals surface area contributed by atoms with Crippen molar-refractivity contribution in [2.75, 3.05) is 13.2 Å². The van der Waals surface area contributed by atoms with Crippen LogP contribution in [0.5, 0.6) is 0 Å². The van der Waals surface area contributed by atoms with Crippen LogP contribution in [-0.2, 0) is 19.1 Å². The van der Waals surface area contributed by atoms with Crippen LogP contribution >= 0.6 is 0 Å². The van der Waals surface area contributed by atoms with Gasteiger partial charge in [0, 0.05) is 35.9 Å². The third-order valence-corrected chi connectivity index (χ3v) is 6.34. The normalized spacial score (nSPS) is 28.2. The van der Waals surface area contributed by atoms with Crippen LogP contribution in [0.1, 0.15) is 56.6 Å². The zero-order valence-electron chi connectivity index (χ0n) is 18.1. The summed E-state index contributed by atoms with van der Waals surface area (Å²) < 4.78 is 11.3. The molecule has 3 unspecified atom stereocenters. The number of hydrogen-bond acceptors (Lipinski definition) is 5. The van der Waals surface area contributed by atoms with Gasteiger partial charge < -0.3 is 14.8 Å². The number of esters is 1. The van der Waals surface area contributed by atoms with Gasteiger partial charge in [-0.25, -0.2) is 0 Å². The molecule has 1 aromatic carbocycles. The molecule has 1 aromatic rings. The van der Waals surface area contributed by atoms with Gasteiger partial charge in [0.1, 0.15) is 12.5 Å². The fourth-order valence-electron chi connectivity index (χ4n) is 4.99. The van der Waals surface area contributed by atoms with E-state index in [-0.39, 0.29) is 35.8 Å². The van der Waals surface area contributed by atoms with E-state index in [0.29, 0.717) is 24.3 Å². The van der Waals surface area contributed by atoms with E-state index in [1.165, 1.54) is 0 Å². The summed E-state index contributed by atoms with van der Waals surface area (Å²) in [5, 5.41) is 3.31. The van der Waals surface area contributed by atoms with Gasteiger partial charge in [-0.3, -0.25) is 9.59 Å². The number of carbonyl (C=O) groups is 2. The van der Waals surface area contributed by atoms with Crippen molar-refractivity contribution in [3.8, 4) is 0 Å². The molecule has 0 saturated carbocycles. The summed E-state index contributed by atoms with van der Waals surface area (Å²) in [6.45, 7) is 11.3. The van der Waals surface area contributed by atoms with Gasteiger partial charge in [0.2, 0.25) is 0 Å². The maximum atomic E-state index is 13.3. The SMILES string of the molecule is C=C1NC2=C(C(=O)CC(C)(C)C2)C(c2cccc(C)c2)C1C(=O)OCC1CCCO1. The number of aryl methyl sites for hydroxylation is 1. The van der Waals surface area contributed by atoms with E-state index in [9.17, 15) is 9.59 Å². The zero-order chi connectivity index (χ0) is 21.5. The Morgan fingerprint density at radius 2 is 2.13 bits per heavy atom. The molecule has 1 N–H and O–H groups in total. The third-order valence-electron chi connectivity index (χ3n) is 6.34. The first-order chi connectivity index (χ1) is 14.2. The highest BCUT2D eigenvalue weighted by Crippen LogP contribution is 2.48. The Bertz CT molecular complexity index is 907. The Kier molecular flexibility index (Phi) is 5.58. The van der Waals surface area contributed by atoms with Gasteiger partial charge in [0.05, 0.1) is 6.10 Å². The fraction of sp³-hybridized carbons (Fsp3) is 0.520. The average Bonchev–Trinajstić information content (AvgIpc) is 3.17. The van der Waals surface area contributed by atoms with Gasteiger partial charge in [-0.05, 0) is 37.2 Å². The molecule has 2 heterocycles. The molecular formula is C25H31NO4. The lowest BCUT2D eigenvalue weighted by atomic mass is 9.66. The second kappa shape index (κ2) is 8.03. The Morgan fingerprint density at radius 1 is 1.33 bits per heavy atom. The van der Waals surface area contributed by atoms with E-state index >= 15 is 0 Å². The van der Waals surface area contributed by atoms with Gasteiger partial charge in [0.25, 0.3) is 0 Å². The summed E-state index contributed by atoms with van der Waals surface area (Å²) in [6.07, 6.45) is 3.09. The lowest BCUT2D eigenvalue weighted by Crippen LogP contribution is -2.44. The van der Waals surface area contributed by atoms with Gasteiger partial charge >= 0.3 is 5.97 Å². The molecule has 3 atom stereocenters. The molecule has 5 heteroatoms. The number of nitrogens with one attached hydrogen (secondary N) is 1. The van der Waals surface area contributed by atoms with Crippen molar-refractivity contribution in [3.05, 3.63) is 58.9 Å². The number of allylic oxidation sites excluding steroid dienone is 2. The molecule has 30 heavy (non-hydrogen) atoms. The third kappa shape index (κ3) is 4.08. The summed E-state index contributed by atoms with van der Waals surface area (Å²) in [5.74, 6) is -1.27. The number of benzene rings is 1. The van der Waals surface area contributed by atoms with Gasteiger partial charge in [-0.1, -0.05) is 50.3 Å². The standard InChI is InChI=1S/C25H31NO4/c1-15-7-5-8-17(11-15)22-21(24(28)30-14-18-9-6-10-29-18)16(2)26-19-12-25(3,4)13-20(27)23(19)22/h5,7-8,11,18,21-22,26H,2,6,9-10,12-14H2,1,3-4H3. The number of carbonyl (C=O) groups excluding carboxylic acids is 2. The van der Waals surface area contributed by atoms with Crippen molar-refractivity contribution in [2.24, 2.45) is 11.3 Å². The molecule has 5 nitrogen and oxygen atoms in total. The van der Waals surface area contributed by atoms with E-state index in [0.717, 1.165) is 36.1 Å². The van der Waals surface area contributed by atoms with Crippen LogP contribution in [0.25, 0.3) is 0 Å². The van der Waals surface area contributed by atoms with Gasteiger partial charge in [0.15, 0.2) is 5.78 Å². The van der Waals surface area contributed by atoms with Crippen molar-refractivity contribution in [3.63, 3.8) is 0 Å². The summed E-state index contributed by atoms with van der Waals surface area (Å²) in [6, 6.07) is 8.04. The Balaban J connectivity index is 1.71. The van der Waals surface area contributed by atoms with E-state index in [4.69, 9.17) is 9.47 Å². The van der Waals surface area contributed by atoms with Crippen molar-refractivity contribution in [1.82, 2.24) is 5.32 Å². The van der Waals surface area contributed by atoms with Crippen LogP contribution in [0, 0.1) is 18.3 Å². The first kappa shape index (κ1) is 20.9. The quantitative estimate of drug-likeness (QED) is 0.756. The largest absolute Gasteiger partial charge is 0.462 e. The molecule has 0 aromatic heterocycles. The fourth-order valence-corrected chi connectivity index (χ4v) is 4.99. The highest BCUT2D eigenvalue weighted by Gasteiger charge is 2.46. The number of rotatable bonds is 4. The van der Waals surface area contributed by atoms with Crippen molar-refractivity contribution < 1.29 is 19.1 Å². The number of hydrogen-bond donors (Lipinski definition) is 1. The van der Waals surface area contributed by atoms with E-state index < -0.39 is 5.92 Å². The van der Waals surface area contributed by atoms with Crippen molar-refractivity contribution >= 4 is 11.8 Å². The van der Waals surface area contributed by atoms with Gasteiger partial charge in [-0.2, -0.15) is 0 Å². The first-order valence-electron chi connectivity index (χ1n) is 10.8. The molecule has 0 amide bonds. The molecule has 2 aliphatic heterocycles. The maximum absolute atomic E-state index is 13.3. The van der Waals surface area contributed by atoms with Crippen LogP contribution in [0.4, 0.5) is 0 Å². The number of ether oxygens (including phenoxy) is 2. The molecule has 1 fully saturated rings. The molecule has 3 aliphatic rings. The minimum atomic E-state index is -0.642. The van der Waals surface area contributed by atoms with Crippen LogP contribution in [0.2, 0.25) is 0 Å². The van der Waals surface area contributed by atoms with Crippen molar-refractivity contribution in [2.45, 2.75) is 58.5 Å².